The standard InChI is InChI=1S/C16H22N6O/c1-3-13-17-7-4-14(20-13)19-12-5-8-22(9-6-12)16-18-11(2)10-15(23)21-16/h4,7,10,12H,3,5-6,8-9H2,1-2H3,(H,17,19,20)(H,18,21,23). The number of H-pyrrole nitrogens is 1. The highest BCUT2D eigenvalue weighted by Gasteiger charge is 2.21. The van der Waals surface area contributed by atoms with Crippen molar-refractivity contribution in [3.8, 4) is 0 Å². The van der Waals surface area contributed by atoms with E-state index in [1.807, 2.05) is 19.9 Å². The monoisotopic (exact) mass is 314 g/mol. The van der Waals surface area contributed by atoms with Gasteiger partial charge >= 0.3 is 0 Å². The maximum atomic E-state index is 11.6. The zero-order valence-electron chi connectivity index (χ0n) is 13.5. The van der Waals surface area contributed by atoms with Crippen molar-refractivity contribution in [2.24, 2.45) is 0 Å². The number of nitrogens with one attached hydrogen (secondary N) is 2. The minimum absolute atomic E-state index is 0.0965. The van der Waals surface area contributed by atoms with E-state index in [0.717, 1.165) is 49.7 Å². The Bertz CT molecular complexity index is 721. The van der Waals surface area contributed by atoms with E-state index < -0.39 is 0 Å². The van der Waals surface area contributed by atoms with Crippen LogP contribution in [0.25, 0.3) is 0 Å². The molecule has 0 atom stereocenters. The number of anilines is 2. The largest absolute Gasteiger partial charge is 0.367 e. The molecule has 0 bridgehead atoms. The fourth-order valence-electron chi connectivity index (χ4n) is 2.81. The third-order valence-corrected chi connectivity index (χ3v) is 4.03. The Morgan fingerprint density at radius 2 is 2.13 bits per heavy atom. The number of aromatic nitrogens is 4. The van der Waals surface area contributed by atoms with Crippen molar-refractivity contribution in [1.82, 2.24) is 19.9 Å². The molecule has 0 amide bonds. The maximum absolute atomic E-state index is 11.6. The first-order chi connectivity index (χ1) is 11.1. The summed E-state index contributed by atoms with van der Waals surface area (Å²) in [5.74, 6) is 2.41. The molecular formula is C16H22N6O. The number of nitrogens with zero attached hydrogens (tertiary/aromatic N) is 4. The molecule has 1 aliphatic rings. The third-order valence-electron chi connectivity index (χ3n) is 4.03. The Balaban J connectivity index is 1.60. The Morgan fingerprint density at radius 1 is 1.35 bits per heavy atom. The number of rotatable bonds is 4. The number of hydrogen-bond acceptors (Lipinski definition) is 6. The third kappa shape index (κ3) is 3.85. The van der Waals surface area contributed by atoms with Gasteiger partial charge in [-0.1, -0.05) is 6.92 Å². The lowest BCUT2D eigenvalue weighted by molar-refractivity contribution is 0.518. The summed E-state index contributed by atoms with van der Waals surface area (Å²) in [6, 6.07) is 3.80. The van der Waals surface area contributed by atoms with Gasteiger partial charge in [0.25, 0.3) is 5.56 Å². The van der Waals surface area contributed by atoms with E-state index in [9.17, 15) is 4.79 Å². The van der Waals surface area contributed by atoms with Crippen LogP contribution >= 0.6 is 0 Å². The van der Waals surface area contributed by atoms with Crippen LogP contribution in [0.5, 0.6) is 0 Å². The van der Waals surface area contributed by atoms with Gasteiger partial charge in [0.15, 0.2) is 0 Å². The smallest absolute Gasteiger partial charge is 0.252 e. The van der Waals surface area contributed by atoms with Gasteiger partial charge in [0.2, 0.25) is 5.95 Å². The summed E-state index contributed by atoms with van der Waals surface area (Å²) >= 11 is 0. The van der Waals surface area contributed by atoms with Gasteiger partial charge < -0.3 is 10.2 Å². The van der Waals surface area contributed by atoms with Gasteiger partial charge in [-0.05, 0) is 25.8 Å². The second-order valence-corrected chi connectivity index (χ2v) is 5.83. The van der Waals surface area contributed by atoms with Gasteiger partial charge in [0, 0.05) is 43.5 Å². The molecule has 0 saturated carbocycles. The van der Waals surface area contributed by atoms with Crippen LogP contribution in [0.15, 0.2) is 23.1 Å². The van der Waals surface area contributed by atoms with Crippen LogP contribution in [0.4, 0.5) is 11.8 Å². The lowest BCUT2D eigenvalue weighted by Crippen LogP contribution is -2.40. The first-order valence-electron chi connectivity index (χ1n) is 8.05. The molecule has 0 aromatic carbocycles. The van der Waals surface area contributed by atoms with Gasteiger partial charge in [0.05, 0.1) is 0 Å². The van der Waals surface area contributed by atoms with Crippen LogP contribution < -0.4 is 15.8 Å². The van der Waals surface area contributed by atoms with Gasteiger partial charge in [0.1, 0.15) is 11.6 Å². The maximum Gasteiger partial charge on any atom is 0.252 e. The molecule has 1 fully saturated rings. The Kier molecular flexibility index (Phi) is 4.55. The fourth-order valence-corrected chi connectivity index (χ4v) is 2.81. The molecule has 0 spiro atoms. The van der Waals surface area contributed by atoms with Crippen molar-refractivity contribution in [3.63, 3.8) is 0 Å². The van der Waals surface area contributed by atoms with Crippen molar-refractivity contribution in [2.45, 2.75) is 39.2 Å². The van der Waals surface area contributed by atoms with Crippen molar-refractivity contribution in [1.29, 1.82) is 0 Å². The first kappa shape index (κ1) is 15.5. The number of aryl methyl sites for hydroxylation is 2. The Hall–Kier alpha value is -2.44. The fraction of sp³-hybridized carbons (Fsp3) is 0.500. The molecule has 3 heterocycles. The van der Waals surface area contributed by atoms with Crippen molar-refractivity contribution in [2.75, 3.05) is 23.3 Å². The number of piperidine rings is 1. The normalized spacial score (nSPS) is 15.7. The average molecular weight is 314 g/mol. The second-order valence-electron chi connectivity index (χ2n) is 5.83. The van der Waals surface area contributed by atoms with Crippen molar-refractivity contribution in [3.05, 3.63) is 40.2 Å². The molecule has 2 aromatic heterocycles. The topological polar surface area (TPSA) is 86.8 Å². The summed E-state index contributed by atoms with van der Waals surface area (Å²) in [6.45, 7) is 5.60. The highest BCUT2D eigenvalue weighted by molar-refractivity contribution is 5.36. The van der Waals surface area contributed by atoms with E-state index in [4.69, 9.17) is 0 Å². The summed E-state index contributed by atoms with van der Waals surface area (Å²) in [7, 11) is 0. The Morgan fingerprint density at radius 3 is 2.83 bits per heavy atom. The zero-order valence-corrected chi connectivity index (χ0v) is 13.5. The molecule has 0 aliphatic carbocycles. The van der Waals surface area contributed by atoms with E-state index in [2.05, 4.69) is 30.2 Å². The van der Waals surface area contributed by atoms with Crippen molar-refractivity contribution >= 4 is 11.8 Å². The first-order valence-corrected chi connectivity index (χ1v) is 8.05. The van der Waals surface area contributed by atoms with Crippen LogP contribution in [0, 0.1) is 6.92 Å². The molecule has 0 radical (unpaired) electrons. The summed E-state index contributed by atoms with van der Waals surface area (Å²) in [5, 5.41) is 3.48. The minimum atomic E-state index is -0.0965. The van der Waals surface area contributed by atoms with E-state index in [1.165, 1.54) is 6.07 Å². The van der Waals surface area contributed by atoms with Crippen molar-refractivity contribution < 1.29 is 0 Å². The van der Waals surface area contributed by atoms with Crippen LogP contribution in [-0.4, -0.2) is 39.1 Å². The summed E-state index contributed by atoms with van der Waals surface area (Å²) in [5.41, 5.74) is 0.651. The molecule has 23 heavy (non-hydrogen) atoms. The molecule has 3 rings (SSSR count). The van der Waals surface area contributed by atoms with E-state index in [1.54, 1.807) is 6.20 Å². The van der Waals surface area contributed by atoms with E-state index in [-0.39, 0.29) is 5.56 Å². The van der Waals surface area contributed by atoms with Gasteiger partial charge in [-0.15, -0.1) is 0 Å². The van der Waals surface area contributed by atoms with E-state index in [0.29, 0.717) is 12.0 Å². The minimum Gasteiger partial charge on any atom is -0.367 e. The Labute approximate surface area is 135 Å². The van der Waals surface area contributed by atoms with Gasteiger partial charge in [-0.2, -0.15) is 0 Å². The summed E-state index contributed by atoms with van der Waals surface area (Å²) < 4.78 is 0. The molecule has 0 unspecified atom stereocenters. The predicted octanol–water partition coefficient (Wildman–Crippen LogP) is 1.51. The highest BCUT2D eigenvalue weighted by atomic mass is 16.1. The second kappa shape index (κ2) is 6.76. The molecule has 2 N–H and O–H groups in total. The summed E-state index contributed by atoms with van der Waals surface area (Å²) in [6.07, 6.45) is 4.58. The van der Waals surface area contributed by atoms with Crippen LogP contribution in [0.1, 0.15) is 31.3 Å². The number of aromatic amines is 1. The van der Waals surface area contributed by atoms with Gasteiger partial charge in [-0.3, -0.25) is 9.78 Å². The molecular weight excluding hydrogens is 292 g/mol. The SMILES string of the molecule is CCc1nccc(NC2CCN(c3nc(C)cc(=O)[nH]3)CC2)n1. The molecule has 7 nitrogen and oxygen atoms in total. The van der Waals surface area contributed by atoms with Crippen LogP contribution in [0.2, 0.25) is 0 Å². The average Bonchev–Trinajstić information content (AvgIpc) is 2.55. The predicted molar refractivity (Wildman–Crippen MR) is 89.9 cm³/mol. The number of hydrogen-bond donors (Lipinski definition) is 2. The lowest BCUT2D eigenvalue weighted by Gasteiger charge is -2.33. The molecule has 1 saturated heterocycles. The zero-order chi connectivity index (χ0) is 16.2. The van der Waals surface area contributed by atoms with Crippen LogP contribution in [-0.2, 0) is 6.42 Å². The highest BCUT2D eigenvalue weighted by Crippen LogP contribution is 2.18. The lowest BCUT2D eigenvalue weighted by atomic mass is 10.1. The molecule has 122 valence electrons. The molecule has 2 aromatic rings. The molecule has 7 heteroatoms. The quantitative estimate of drug-likeness (QED) is 0.889. The van der Waals surface area contributed by atoms with E-state index >= 15 is 0 Å². The van der Waals surface area contributed by atoms with Crippen LogP contribution in [0.3, 0.4) is 0 Å². The summed E-state index contributed by atoms with van der Waals surface area (Å²) in [4.78, 5) is 29.6. The van der Waals surface area contributed by atoms with Gasteiger partial charge in [-0.25, -0.2) is 15.0 Å². The molecule has 1 aliphatic heterocycles.